The van der Waals surface area contributed by atoms with E-state index >= 15 is 0 Å². The minimum atomic E-state index is -2.89. The molecule has 1 aromatic carbocycles. The van der Waals surface area contributed by atoms with Crippen LogP contribution in [-0.2, 0) is 9.53 Å². The van der Waals surface area contributed by atoms with Gasteiger partial charge in [-0.25, -0.2) is 0 Å². The van der Waals surface area contributed by atoms with E-state index in [0.29, 0.717) is 18.9 Å². The van der Waals surface area contributed by atoms with Gasteiger partial charge in [-0.1, -0.05) is 6.07 Å². The van der Waals surface area contributed by atoms with Gasteiger partial charge in [0.05, 0.1) is 19.1 Å². The number of carbonyl (C=O) groups excluding carboxylic acids is 1. The van der Waals surface area contributed by atoms with Crippen molar-refractivity contribution in [3.05, 3.63) is 24.3 Å². The molecule has 1 fully saturated rings. The molecule has 0 radical (unpaired) electrons. The van der Waals surface area contributed by atoms with E-state index in [-0.39, 0.29) is 23.6 Å². The van der Waals surface area contributed by atoms with Crippen LogP contribution in [0.25, 0.3) is 0 Å². The largest absolute Gasteiger partial charge is 0.435 e. The molecule has 5 nitrogen and oxygen atoms in total. The minimum absolute atomic E-state index is 0.00522. The minimum Gasteiger partial charge on any atom is -0.435 e. The fourth-order valence-corrected chi connectivity index (χ4v) is 2.08. The third-order valence-electron chi connectivity index (χ3n) is 3.11. The third-order valence-corrected chi connectivity index (χ3v) is 3.11. The van der Waals surface area contributed by atoms with Gasteiger partial charge < -0.3 is 20.1 Å². The predicted octanol–water partition coefficient (Wildman–Crippen LogP) is 1.46. The van der Waals surface area contributed by atoms with Gasteiger partial charge in [0.25, 0.3) is 0 Å². The Morgan fingerprint density at radius 3 is 2.95 bits per heavy atom. The van der Waals surface area contributed by atoms with Crippen LogP contribution in [0.4, 0.5) is 14.5 Å². The summed E-state index contributed by atoms with van der Waals surface area (Å²) in [6.45, 7) is -2.08. The summed E-state index contributed by atoms with van der Waals surface area (Å²) in [5.41, 5.74) is 0.412. The van der Waals surface area contributed by atoms with Crippen LogP contribution in [0.5, 0.6) is 5.75 Å². The lowest BCUT2D eigenvalue weighted by atomic mass is 10.0. The van der Waals surface area contributed by atoms with E-state index in [4.69, 9.17) is 4.74 Å². The fraction of sp³-hybridized carbons (Fsp3) is 0.462. The van der Waals surface area contributed by atoms with Crippen molar-refractivity contribution in [2.75, 3.05) is 25.6 Å². The SMILES string of the molecule is CNC1COCC1C(=O)Nc1cccc(OC(F)F)c1. The molecule has 1 aromatic rings. The molecule has 2 unspecified atom stereocenters. The molecule has 7 heteroatoms. The Balaban J connectivity index is 2.00. The van der Waals surface area contributed by atoms with Gasteiger partial charge >= 0.3 is 6.61 Å². The van der Waals surface area contributed by atoms with Crippen molar-refractivity contribution in [2.45, 2.75) is 12.7 Å². The number of nitrogens with one attached hydrogen (secondary N) is 2. The second kappa shape index (κ2) is 6.62. The van der Waals surface area contributed by atoms with E-state index in [9.17, 15) is 13.6 Å². The van der Waals surface area contributed by atoms with Crippen LogP contribution in [0.15, 0.2) is 24.3 Å². The Hall–Kier alpha value is -1.73. The lowest BCUT2D eigenvalue weighted by Gasteiger charge is -2.16. The number of benzene rings is 1. The molecular weight excluding hydrogens is 270 g/mol. The molecule has 1 amide bonds. The van der Waals surface area contributed by atoms with Gasteiger partial charge in [-0.3, -0.25) is 4.79 Å². The van der Waals surface area contributed by atoms with E-state index in [1.807, 2.05) is 0 Å². The van der Waals surface area contributed by atoms with Crippen molar-refractivity contribution >= 4 is 11.6 Å². The molecule has 0 spiro atoms. The van der Waals surface area contributed by atoms with Crippen LogP contribution in [0, 0.1) is 5.92 Å². The molecule has 1 aliphatic rings. The number of ether oxygens (including phenoxy) is 2. The number of amides is 1. The number of alkyl halides is 2. The zero-order valence-electron chi connectivity index (χ0n) is 10.9. The molecular formula is C13H16F2N2O3. The molecule has 110 valence electrons. The van der Waals surface area contributed by atoms with Gasteiger partial charge in [0, 0.05) is 17.8 Å². The summed E-state index contributed by atoms with van der Waals surface area (Å²) >= 11 is 0. The average molecular weight is 286 g/mol. The molecule has 1 saturated heterocycles. The van der Waals surface area contributed by atoms with Crippen LogP contribution < -0.4 is 15.4 Å². The Labute approximate surface area is 115 Å². The Morgan fingerprint density at radius 2 is 2.25 bits per heavy atom. The first-order chi connectivity index (χ1) is 9.60. The van der Waals surface area contributed by atoms with Gasteiger partial charge in [0.2, 0.25) is 5.91 Å². The lowest BCUT2D eigenvalue weighted by molar-refractivity contribution is -0.120. The number of hydrogen-bond donors (Lipinski definition) is 2. The number of anilines is 1. The standard InChI is InChI=1S/C13H16F2N2O3/c1-16-11-7-19-6-10(11)12(18)17-8-3-2-4-9(5-8)20-13(14)15/h2-5,10-11,13,16H,6-7H2,1H3,(H,17,18). The topological polar surface area (TPSA) is 59.6 Å². The van der Waals surface area contributed by atoms with E-state index in [1.54, 1.807) is 13.1 Å². The quantitative estimate of drug-likeness (QED) is 0.860. The first-order valence-electron chi connectivity index (χ1n) is 6.21. The summed E-state index contributed by atoms with van der Waals surface area (Å²) < 4.78 is 33.8. The second-order valence-electron chi connectivity index (χ2n) is 4.43. The number of halogens is 2. The van der Waals surface area contributed by atoms with Gasteiger partial charge in [0.15, 0.2) is 0 Å². The van der Waals surface area contributed by atoms with Crippen LogP contribution >= 0.6 is 0 Å². The fourth-order valence-electron chi connectivity index (χ4n) is 2.08. The summed E-state index contributed by atoms with van der Waals surface area (Å²) in [4.78, 5) is 12.1. The van der Waals surface area contributed by atoms with Gasteiger partial charge in [-0.2, -0.15) is 8.78 Å². The zero-order valence-corrected chi connectivity index (χ0v) is 10.9. The highest BCUT2D eigenvalue weighted by molar-refractivity contribution is 5.93. The number of likely N-dealkylation sites (N-methyl/N-ethyl adjacent to an activating group) is 1. The van der Waals surface area contributed by atoms with Crippen LogP contribution in [0.3, 0.4) is 0 Å². The molecule has 2 rings (SSSR count). The number of rotatable bonds is 5. The van der Waals surface area contributed by atoms with Crippen molar-refractivity contribution in [2.24, 2.45) is 5.92 Å². The van der Waals surface area contributed by atoms with Gasteiger partial charge in [0.1, 0.15) is 5.75 Å². The summed E-state index contributed by atoms with van der Waals surface area (Å²) in [7, 11) is 1.76. The maximum Gasteiger partial charge on any atom is 0.387 e. The molecule has 0 aliphatic carbocycles. The molecule has 0 saturated carbocycles. The molecule has 2 atom stereocenters. The van der Waals surface area contributed by atoms with Crippen LogP contribution in [-0.4, -0.2) is 38.8 Å². The highest BCUT2D eigenvalue weighted by Crippen LogP contribution is 2.21. The molecule has 0 aromatic heterocycles. The lowest BCUT2D eigenvalue weighted by Crippen LogP contribution is -2.39. The zero-order chi connectivity index (χ0) is 14.5. The maximum absolute atomic E-state index is 12.1. The number of hydrogen-bond acceptors (Lipinski definition) is 4. The molecule has 1 heterocycles. The van der Waals surface area contributed by atoms with Crippen LogP contribution in [0.1, 0.15) is 0 Å². The van der Waals surface area contributed by atoms with E-state index in [1.165, 1.54) is 18.2 Å². The third kappa shape index (κ3) is 3.64. The molecule has 2 N–H and O–H groups in total. The summed E-state index contributed by atoms with van der Waals surface area (Å²) in [6.07, 6.45) is 0. The van der Waals surface area contributed by atoms with Crippen molar-refractivity contribution in [3.8, 4) is 5.75 Å². The van der Waals surface area contributed by atoms with Gasteiger partial charge in [-0.05, 0) is 19.2 Å². The summed E-state index contributed by atoms with van der Waals surface area (Å²) in [5.74, 6) is -0.513. The normalized spacial score (nSPS) is 22.0. The van der Waals surface area contributed by atoms with Gasteiger partial charge in [-0.15, -0.1) is 0 Å². The molecule has 1 aliphatic heterocycles. The summed E-state index contributed by atoms with van der Waals surface area (Å²) in [5, 5.41) is 5.69. The smallest absolute Gasteiger partial charge is 0.387 e. The summed E-state index contributed by atoms with van der Waals surface area (Å²) in [6, 6.07) is 5.86. The van der Waals surface area contributed by atoms with E-state index < -0.39 is 6.61 Å². The number of carbonyl (C=O) groups is 1. The first kappa shape index (κ1) is 14.7. The highest BCUT2D eigenvalue weighted by atomic mass is 19.3. The van der Waals surface area contributed by atoms with Crippen molar-refractivity contribution in [3.63, 3.8) is 0 Å². The highest BCUT2D eigenvalue weighted by Gasteiger charge is 2.32. The van der Waals surface area contributed by atoms with Crippen LogP contribution in [0.2, 0.25) is 0 Å². The monoisotopic (exact) mass is 286 g/mol. The Bertz CT molecular complexity index is 471. The van der Waals surface area contributed by atoms with Crippen molar-refractivity contribution in [1.82, 2.24) is 5.32 Å². The Morgan fingerprint density at radius 1 is 1.45 bits per heavy atom. The van der Waals surface area contributed by atoms with E-state index in [2.05, 4.69) is 15.4 Å². The van der Waals surface area contributed by atoms with E-state index in [0.717, 1.165) is 0 Å². The second-order valence-corrected chi connectivity index (χ2v) is 4.43. The van der Waals surface area contributed by atoms with Crippen molar-refractivity contribution in [1.29, 1.82) is 0 Å². The predicted molar refractivity (Wildman–Crippen MR) is 68.9 cm³/mol. The van der Waals surface area contributed by atoms with Crippen molar-refractivity contribution < 1.29 is 23.0 Å². The maximum atomic E-state index is 12.1. The molecule has 20 heavy (non-hydrogen) atoms. The molecule has 0 bridgehead atoms. The Kier molecular flexibility index (Phi) is 4.86. The first-order valence-corrected chi connectivity index (χ1v) is 6.21. The average Bonchev–Trinajstić information content (AvgIpc) is 2.86.